The number of ether oxygens (including phenoxy) is 3. The van der Waals surface area contributed by atoms with Crippen molar-refractivity contribution < 1.29 is 14.2 Å². The molecule has 0 aliphatic heterocycles. The van der Waals surface area contributed by atoms with Gasteiger partial charge in [0.05, 0.1) is 23.8 Å². The van der Waals surface area contributed by atoms with E-state index < -0.39 is 0 Å². The van der Waals surface area contributed by atoms with Crippen LogP contribution in [0.1, 0.15) is 32.3 Å². The summed E-state index contributed by atoms with van der Waals surface area (Å²) in [5, 5.41) is 8.68. The summed E-state index contributed by atoms with van der Waals surface area (Å²) in [5.74, 6) is 0.782. The smallest absolute Gasteiger partial charge is 0.119 e. The first-order valence-corrected chi connectivity index (χ1v) is 6.83. The minimum Gasteiger partial charge on any atom is -0.494 e. The number of methoxy groups -OCH3 is 1. The Morgan fingerprint density at radius 2 is 1.80 bits per heavy atom. The van der Waals surface area contributed by atoms with Crippen molar-refractivity contribution in [2.24, 2.45) is 0 Å². The fraction of sp³-hybridized carbons (Fsp3) is 0.562. The second-order valence-corrected chi connectivity index (χ2v) is 5.16. The van der Waals surface area contributed by atoms with E-state index >= 15 is 0 Å². The molecule has 0 spiro atoms. The lowest BCUT2D eigenvalue weighted by molar-refractivity contribution is -0.0107. The minimum atomic E-state index is -0.126. The third-order valence-electron chi connectivity index (χ3n) is 3.09. The van der Waals surface area contributed by atoms with Crippen molar-refractivity contribution in [2.75, 3.05) is 26.9 Å². The molecule has 1 rings (SSSR count). The van der Waals surface area contributed by atoms with Gasteiger partial charge < -0.3 is 14.2 Å². The average Bonchev–Trinajstić information content (AvgIpc) is 2.47. The van der Waals surface area contributed by atoms with E-state index in [-0.39, 0.29) is 5.60 Å². The second kappa shape index (κ2) is 8.57. The molecular weight excluding hydrogens is 254 g/mol. The van der Waals surface area contributed by atoms with Gasteiger partial charge in [-0.05, 0) is 44.5 Å². The monoisotopic (exact) mass is 277 g/mol. The van der Waals surface area contributed by atoms with Gasteiger partial charge in [0.25, 0.3) is 0 Å². The van der Waals surface area contributed by atoms with Crippen LogP contribution < -0.4 is 4.74 Å². The standard InChI is InChI=1S/C16H23NO3/c1-16(2,18-3)9-12-19-10-4-11-20-15-7-5-14(13-17)6-8-15/h5-8H,4,9-12H2,1-3H3. The number of nitriles is 1. The van der Waals surface area contributed by atoms with Gasteiger partial charge in [0, 0.05) is 26.7 Å². The molecule has 0 radical (unpaired) electrons. The highest BCUT2D eigenvalue weighted by Gasteiger charge is 2.15. The van der Waals surface area contributed by atoms with Crippen LogP contribution in [0.2, 0.25) is 0 Å². The van der Waals surface area contributed by atoms with Gasteiger partial charge >= 0.3 is 0 Å². The number of rotatable bonds is 9. The Bertz CT molecular complexity index is 420. The first-order chi connectivity index (χ1) is 9.57. The summed E-state index contributed by atoms with van der Waals surface area (Å²) >= 11 is 0. The third-order valence-corrected chi connectivity index (χ3v) is 3.09. The van der Waals surface area contributed by atoms with Crippen LogP contribution in [0.3, 0.4) is 0 Å². The lowest BCUT2D eigenvalue weighted by atomic mass is 10.1. The summed E-state index contributed by atoms with van der Waals surface area (Å²) in [6.45, 7) is 6.07. The summed E-state index contributed by atoms with van der Waals surface area (Å²) in [7, 11) is 1.71. The lowest BCUT2D eigenvalue weighted by Gasteiger charge is -2.22. The van der Waals surface area contributed by atoms with Gasteiger partial charge in [-0.2, -0.15) is 5.26 Å². The van der Waals surface area contributed by atoms with Crippen molar-refractivity contribution in [3.05, 3.63) is 29.8 Å². The summed E-state index contributed by atoms with van der Waals surface area (Å²) in [5.41, 5.74) is 0.514. The predicted molar refractivity (Wildman–Crippen MR) is 77.8 cm³/mol. The van der Waals surface area contributed by atoms with Crippen molar-refractivity contribution >= 4 is 0 Å². The molecule has 20 heavy (non-hydrogen) atoms. The summed E-state index contributed by atoms with van der Waals surface area (Å²) in [6.07, 6.45) is 1.72. The lowest BCUT2D eigenvalue weighted by Crippen LogP contribution is -2.24. The summed E-state index contributed by atoms with van der Waals surface area (Å²) in [6, 6.07) is 9.19. The summed E-state index contributed by atoms with van der Waals surface area (Å²) < 4.78 is 16.4. The van der Waals surface area contributed by atoms with Crippen LogP contribution in [0.25, 0.3) is 0 Å². The summed E-state index contributed by atoms with van der Waals surface area (Å²) in [4.78, 5) is 0. The van der Waals surface area contributed by atoms with E-state index in [0.717, 1.165) is 18.6 Å². The van der Waals surface area contributed by atoms with Gasteiger partial charge in [0.2, 0.25) is 0 Å². The van der Waals surface area contributed by atoms with Gasteiger partial charge in [-0.3, -0.25) is 0 Å². The van der Waals surface area contributed by atoms with Crippen LogP contribution in [0.5, 0.6) is 5.75 Å². The Hall–Kier alpha value is -1.57. The molecule has 0 heterocycles. The van der Waals surface area contributed by atoms with E-state index in [1.54, 1.807) is 31.4 Å². The molecule has 0 unspecified atom stereocenters. The molecule has 0 aliphatic rings. The Morgan fingerprint density at radius 3 is 2.40 bits per heavy atom. The van der Waals surface area contributed by atoms with Gasteiger partial charge in [-0.25, -0.2) is 0 Å². The number of hydrogen-bond donors (Lipinski definition) is 0. The Labute approximate surface area is 121 Å². The zero-order valence-corrected chi connectivity index (χ0v) is 12.5. The van der Waals surface area contributed by atoms with E-state index in [9.17, 15) is 0 Å². The van der Waals surface area contributed by atoms with Crippen LogP contribution in [0.4, 0.5) is 0 Å². The van der Waals surface area contributed by atoms with Crippen LogP contribution in [0.15, 0.2) is 24.3 Å². The molecule has 110 valence electrons. The molecule has 0 N–H and O–H groups in total. The fourth-order valence-electron chi connectivity index (χ4n) is 1.50. The molecule has 4 nitrogen and oxygen atoms in total. The van der Waals surface area contributed by atoms with E-state index in [2.05, 4.69) is 6.07 Å². The normalized spacial score (nSPS) is 11.1. The van der Waals surface area contributed by atoms with Gasteiger partial charge in [0.1, 0.15) is 5.75 Å². The average molecular weight is 277 g/mol. The zero-order valence-electron chi connectivity index (χ0n) is 12.5. The molecule has 0 aromatic heterocycles. The maximum Gasteiger partial charge on any atom is 0.119 e. The predicted octanol–water partition coefficient (Wildman–Crippen LogP) is 3.16. The highest BCUT2D eigenvalue weighted by molar-refractivity contribution is 5.34. The second-order valence-electron chi connectivity index (χ2n) is 5.16. The molecule has 0 atom stereocenters. The molecule has 0 fully saturated rings. The molecule has 0 saturated carbocycles. The van der Waals surface area contributed by atoms with Gasteiger partial charge in [-0.1, -0.05) is 0 Å². The van der Waals surface area contributed by atoms with E-state index in [4.69, 9.17) is 19.5 Å². The zero-order chi connectivity index (χ0) is 14.8. The van der Waals surface area contributed by atoms with Gasteiger partial charge in [0.15, 0.2) is 0 Å². The van der Waals surface area contributed by atoms with Crippen LogP contribution in [0, 0.1) is 11.3 Å². The fourth-order valence-corrected chi connectivity index (χ4v) is 1.50. The molecular formula is C16H23NO3. The Morgan fingerprint density at radius 1 is 1.10 bits per heavy atom. The Kier molecular flexibility index (Phi) is 7.06. The SMILES string of the molecule is COC(C)(C)CCOCCCOc1ccc(C#N)cc1. The largest absolute Gasteiger partial charge is 0.494 e. The first-order valence-electron chi connectivity index (χ1n) is 6.83. The number of hydrogen-bond acceptors (Lipinski definition) is 4. The van der Waals surface area contributed by atoms with Crippen molar-refractivity contribution in [1.29, 1.82) is 5.26 Å². The number of nitrogens with zero attached hydrogens (tertiary/aromatic N) is 1. The quantitative estimate of drug-likeness (QED) is 0.651. The van der Waals surface area contributed by atoms with Crippen LogP contribution >= 0.6 is 0 Å². The minimum absolute atomic E-state index is 0.126. The van der Waals surface area contributed by atoms with Crippen molar-refractivity contribution in [2.45, 2.75) is 32.3 Å². The van der Waals surface area contributed by atoms with Crippen LogP contribution in [-0.4, -0.2) is 32.5 Å². The molecule has 0 amide bonds. The molecule has 1 aromatic carbocycles. The molecule has 0 aliphatic carbocycles. The van der Waals surface area contributed by atoms with E-state index in [0.29, 0.717) is 25.4 Å². The van der Waals surface area contributed by atoms with Gasteiger partial charge in [-0.15, -0.1) is 0 Å². The molecule has 4 heteroatoms. The third kappa shape index (κ3) is 6.55. The van der Waals surface area contributed by atoms with Crippen molar-refractivity contribution in [3.63, 3.8) is 0 Å². The maximum absolute atomic E-state index is 8.68. The van der Waals surface area contributed by atoms with Crippen molar-refractivity contribution in [3.8, 4) is 11.8 Å². The first kappa shape index (κ1) is 16.5. The van der Waals surface area contributed by atoms with E-state index in [1.165, 1.54) is 0 Å². The van der Waals surface area contributed by atoms with Crippen LogP contribution in [-0.2, 0) is 9.47 Å². The topological polar surface area (TPSA) is 51.5 Å². The van der Waals surface area contributed by atoms with E-state index in [1.807, 2.05) is 13.8 Å². The molecule has 1 aromatic rings. The number of benzene rings is 1. The molecule has 0 bridgehead atoms. The Balaban J connectivity index is 2.06. The highest BCUT2D eigenvalue weighted by Crippen LogP contribution is 2.13. The maximum atomic E-state index is 8.68. The van der Waals surface area contributed by atoms with Crippen molar-refractivity contribution in [1.82, 2.24) is 0 Å². The highest BCUT2D eigenvalue weighted by atomic mass is 16.5. The molecule has 0 saturated heterocycles.